The maximum atomic E-state index is 12.6. The maximum Gasteiger partial charge on any atom is 0.325 e. The van der Waals surface area contributed by atoms with Gasteiger partial charge in [0.05, 0.1) is 18.7 Å². The SMILES string of the molecule is CCc1ccc(C)c(C2=CCC(c3[nH]c(=O)[nH]c(=O)c3Cc3ccccc3)CC2)c1.COc1ccc(C#N)cc1C1=CCC(c2[nH]c(=O)[nH]c(=O)c2Cc2ccccc2)CC1.Cc1cccc(C2=CCC(c3[nH]c(=O)[nH]c(=O)c3Cc3ccccc3)CC2)c1C. The van der Waals surface area contributed by atoms with Crippen LogP contribution in [0.15, 0.2) is 193 Å². The van der Waals surface area contributed by atoms with Crippen LogP contribution in [-0.2, 0) is 25.7 Å². The monoisotopic (exact) mass is 1200 g/mol. The highest BCUT2D eigenvalue weighted by atomic mass is 16.5. The average Bonchev–Trinajstić information content (AvgIpc) is 1.09. The molecule has 14 heteroatoms. The third-order valence-corrected chi connectivity index (χ3v) is 18.0. The van der Waals surface area contributed by atoms with Gasteiger partial charge in [-0.05, 0) is 170 Å². The van der Waals surface area contributed by atoms with Crippen molar-refractivity contribution in [3.05, 3.63) is 321 Å². The minimum absolute atomic E-state index is 0.0441. The standard InChI is InChI=1S/C26H28N2O2.C25H23N3O3.C25H26N2O2/c1-3-18-10-9-17(2)22(15-18)20-11-13-21(14-12-20)24-23(25(29)28-26(30)27-24)16-19-7-5-4-6-8-19;1-31-22-12-7-17(15-26)14-20(22)18-8-10-19(11-9-18)23-21(24(29)28-25(30)27-23)13-16-5-3-2-4-6-16;1-16-7-6-10-21(17(16)2)19-11-13-20(14-12-19)23-22(24(28)27-25(29)26-23)15-18-8-4-3-5-9-18/h4-11,15,21H,3,12-14,16H2,1-2H3,(H2,27,28,29,30);2-8,12,14,19H,9-11,13H2,1H3,(H2,27,28,29,30);3-11,20H,12-15H2,1-2H3,(H2,26,27,28,29). The Morgan fingerprint density at radius 1 is 0.444 bits per heavy atom. The Bertz CT molecular complexity index is 4560. The van der Waals surface area contributed by atoms with E-state index in [1.165, 1.54) is 44.5 Å². The number of hydrogen-bond donors (Lipinski definition) is 6. The first-order chi connectivity index (χ1) is 43.7. The third-order valence-electron chi connectivity index (χ3n) is 18.0. The van der Waals surface area contributed by atoms with Gasteiger partial charge in [-0.1, -0.05) is 153 Å². The quantitative estimate of drug-likeness (QED) is 0.0612. The van der Waals surface area contributed by atoms with E-state index in [9.17, 15) is 34.0 Å². The van der Waals surface area contributed by atoms with E-state index in [-0.39, 0.29) is 34.4 Å². The van der Waals surface area contributed by atoms with Crippen molar-refractivity contribution in [3.8, 4) is 11.8 Å². The summed E-state index contributed by atoms with van der Waals surface area (Å²) in [6.45, 7) is 8.65. The van der Waals surface area contributed by atoms with E-state index in [2.05, 4.69) is 118 Å². The zero-order valence-corrected chi connectivity index (χ0v) is 51.8. The zero-order chi connectivity index (χ0) is 63.3. The number of nitrogens with one attached hydrogen (secondary N) is 6. The number of ether oxygens (including phenoxy) is 1. The molecule has 12 rings (SSSR count). The van der Waals surface area contributed by atoms with Crippen LogP contribution in [-0.4, -0.2) is 37.0 Å². The van der Waals surface area contributed by atoms with Crippen LogP contribution in [0.3, 0.4) is 0 Å². The lowest BCUT2D eigenvalue weighted by Crippen LogP contribution is -2.30. The fourth-order valence-electron chi connectivity index (χ4n) is 12.9. The predicted molar refractivity (Wildman–Crippen MR) is 359 cm³/mol. The van der Waals surface area contributed by atoms with Crippen molar-refractivity contribution in [1.29, 1.82) is 5.26 Å². The number of rotatable bonds is 14. The first-order valence-corrected chi connectivity index (χ1v) is 31.2. The molecule has 3 aliphatic carbocycles. The summed E-state index contributed by atoms with van der Waals surface area (Å²) in [4.78, 5) is 89.8. The Morgan fingerprint density at radius 3 is 1.26 bits per heavy atom. The number of benzene rings is 6. The summed E-state index contributed by atoms with van der Waals surface area (Å²) in [6.07, 6.45) is 16.8. The van der Waals surface area contributed by atoms with E-state index in [1.54, 1.807) is 13.2 Å². The molecule has 3 aromatic heterocycles. The Morgan fingerprint density at radius 2 is 0.867 bits per heavy atom. The second-order valence-corrected chi connectivity index (χ2v) is 23.8. The number of H-pyrrole nitrogens is 6. The smallest absolute Gasteiger partial charge is 0.325 e. The van der Waals surface area contributed by atoms with Gasteiger partial charge in [0.25, 0.3) is 16.7 Å². The Kier molecular flexibility index (Phi) is 20.4. The molecule has 6 N–H and O–H groups in total. The molecule has 6 aromatic carbocycles. The second-order valence-electron chi connectivity index (χ2n) is 23.8. The van der Waals surface area contributed by atoms with Gasteiger partial charge in [0, 0.05) is 76.4 Å². The minimum atomic E-state index is -0.477. The molecule has 0 spiro atoms. The normalized spacial score (nSPS) is 16.2. The molecule has 0 amide bonds. The number of aryl methyl sites for hydroxylation is 3. The molecule has 9 aromatic rings. The second kappa shape index (κ2) is 29.2. The number of methoxy groups -OCH3 is 1. The molecule has 3 heterocycles. The van der Waals surface area contributed by atoms with Crippen molar-refractivity contribution in [3.63, 3.8) is 0 Å². The van der Waals surface area contributed by atoms with E-state index in [0.29, 0.717) is 53.6 Å². The van der Waals surface area contributed by atoms with Crippen LogP contribution in [0.4, 0.5) is 0 Å². The molecule has 0 aliphatic heterocycles. The molecular weight excluding hydrogens is 1120 g/mol. The maximum absolute atomic E-state index is 12.6. The van der Waals surface area contributed by atoms with Crippen LogP contribution in [0.1, 0.15) is 177 Å². The van der Waals surface area contributed by atoms with Gasteiger partial charge < -0.3 is 19.7 Å². The van der Waals surface area contributed by atoms with Gasteiger partial charge in [0.2, 0.25) is 0 Å². The molecule has 458 valence electrons. The van der Waals surface area contributed by atoms with Gasteiger partial charge >= 0.3 is 17.1 Å². The topological polar surface area (TPSA) is 230 Å². The van der Waals surface area contributed by atoms with E-state index in [1.807, 2.05) is 103 Å². The van der Waals surface area contributed by atoms with Crippen molar-refractivity contribution in [1.82, 2.24) is 29.9 Å². The number of aromatic nitrogens is 6. The van der Waals surface area contributed by atoms with Crippen molar-refractivity contribution in [2.45, 2.75) is 129 Å². The van der Waals surface area contributed by atoms with Crippen molar-refractivity contribution in [2.24, 2.45) is 0 Å². The number of hydrogen-bond acceptors (Lipinski definition) is 8. The summed E-state index contributed by atoms with van der Waals surface area (Å²) in [5, 5.41) is 9.24. The van der Waals surface area contributed by atoms with Crippen LogP contribution in [0.5, 0.6) is 5.75 Å². The number of allylic oxidation sites excluding steroid dienone is 6. The van der Waals surface area contributed by atoms with Gasteiger partial charge in [-0.2, -0.15) is 5.26 Å². The summed E-state index contributed by atoms with van der Waals surface area (Å²) in [5.41, 5.74) is 18.4. The molecule has 0 bridgehead atoms. The van der Waals surface area contributed by atoms with Crippen LogP contribution >= 0.6 is 0 Å². The van der Waals surface area contributed by atoms with Crippen molar-refractivity contribution in [2.75, 3.05) is 7.11 Å². The summed E-state index contributed by atoms with van der Waals surface area (Å²) in [6, 6.07) is 50.3. The van der Waals surface area contributed by atoms with Crippen LogP contribution in [0.2, 0.25) is 0 Å². The highest BCUT2D eigenvalue weighted by Gasteiger charge is 2.27. The van der Waals surface area contributed by atoms with Crippen molar-refractivity contribution < 1.29 is 4.74 Å². The molecule has 0 saturated heterocycles. The Balaban J connectivity index is 0.000000149. The molecule has 3 aliphatic rings. The Hall–Kier alpha value is -10.1. The molecule has 3 atom stereocenters. The number of aromatic amines is 6. The summed E-state index contributed by atoms with van der Waals surface area (Å²) >= 11 is 0. The fourth-order valence-corrected chi connectivity index (χ4v) is 12.9. The molecular formula is C76H77N7O7. The summed E-state index contributed by atoms with van der Waals surface area (Å²) in [7, 11) is 1.62. The number of nitrogens with zero attached hydrogens (tertiary/aromatic N) is 1. The lowest BCUT2D eigenvalue weighted by atomic mass is 9.81. The van der Waals surface area contributed by atoms with E-state index in [4.69, 9.17) is 4.74 Å². The Labute approximate surface area is 523 Å². The molecule has 3 unspecified atom stereocenters. The predicted octanol–water partition coefficient (Wildman–Crippen LogP) is 13.4. The lowest BCUT2D eigenvalue weighted by molar-refractivity contribution is 0.413. The first kappa shape index (κ1) is 62.9. The van der Waals surface area contributed by atoms with Gasteiger partial charge in [-0.15, -0.1) is 0 Å². The van der Waals surface area contributed by atoms with Crippen LogP contribution in [0, 0.1) is 32.1 Å². The van der Waals surface area contributed by atoms with E-state index >= 15 is 0 Å². The van der Waals surface area contributed by atoms with E-state index in [0.717, 1.165) is 103 Å². The van der Waals surface area contributed by atoms with Gasteiger partial charge in [-0.25, -0.2) is 14.4 Å². The number of nitriles is 1. The summed E-state index contributed by atoms with van der Waals surface area (Å²) in [5.74, 6) is 1.08. The summed E-state index contributed by atoms with van der Waals surface area (Å²) < 4.78 is 5.48. The molecule has 0 fully saturated rings. The first-order valence-electron chi connectivity index (χ1n) is 31.2. The molecule has 90 heavy (non-hydrogen) atoms. The average molecular weight is 1200 g/mol. The highest BCUT2D eigenvalue weighted by molar-refractivity contribution is 5.73. The van der Waals surface area contributed by atoms with Gasteiger partial charge in [0.1, 0.15) is 5.75 Å². The minimum Gasteiger partial charge on any atom is -0.496 e. The van der Waals surface area contributed by atoms with E-state index < -0.39 is 17.1 Å². The highest BCUT2D eigenvalue weighted by Crippen LogP contribution is 2.41. The zero-order valence-electron chi connectivity index (χ0n) is 51.8. The van der Waals surface area contributed by atoms with Gasteiger partial charge in [0.15, 0.2) is 0 Å². The molecule has 14 nitrogen and oxygen atoms in total. The molecule has 0 saturated carbocycles. The fraction of sp³-hybridized carbons (Fsp3) is 0.276. The van der Waals surface area contributed by atoms with Crippen molar-refractivity contribution >= 4 is 16.7 Å². The third kappa shape index (κ3) is 15.2. The van der Waals surface area contributed by atoms with Crippen LogP contribution < -0.4 is 38.5 Å². The largest absolute Gasteiger partial charge is 0.496 e. The lowest BCUT2D eigenvalue weighted by Gasteiger charge is -2.25. The van der Waals surface area contributed by atoms with Crippen LogP contribution in [0.25, 0.3) is 16.7 Å². The molecule has 0 radical (unpaired) electrons. The van der Waals surface area contributed by atoms with Gasteiger partial charge in [-0.3, -0.25) is 29.3 Å².